The minimum Gasteiger partial charge on any atom is -0.494 e. The molecule has 0 aliphatic rings. The van der Waals surface area contributed by atoms with Crippen molar-refractivity contribution in [2.75, 3.05) is 11.9 Å². The molecule has 1 N–H and O–H groups in total. The van der Waals surface area contributed by atoms with Crippen molar-refractivity contribution < 1.29 is 9.53 Å². The number of hydrogen-bond donors (Lipinski definition) is 1. The van der Waals surface area contributed by atoms with Gasteiger partial charge in [0, 0.05) is 17.7 Å². The smallest absolute Gasteiger partial charge is 0.248 e. The van der Waals surface area contributed by atoms with Crippen molar-refractivity contribution in [1.29, 1.82) is 0 Å². The molecule has 1 heterocycles. The number of hydrogen-bond acceptors (Lipinski definition) is 3. The fourth-order valence-electron chi connectivity index (χ4n) is 2.45. The number of fused-ring (bicyclic) bond motifs is 1. The van der Waals surface area contributed by atoms with Gasteiger partial charge < -0.3 is 10.1 Å². The Balaban J connectivity index is 1.66. The van der Waals surface area contributed by atoms with Gasteiger partial charge in [-0.3, -0.25) is 9.78 Å². The van der Waals surface area contributed by atoms with Gasteiger partial charge in [-0.15, -0.1) is 0 Å². The molecule has 25 heavy (non-hydrogen) atoms. The zero-order chi connectivity index (χ0) is 17.5. The zero-order valence-electron chi connectivity index (χ0n) is 14.1. The summed E-state index contributed by atoms with van der Waals surface area (Å²) >= 11 is 0. The first-order valence-electron chi connectivity index (χ1n) is 8.32. The predicted molar refractivity (Wildman–Crippen MR) is 102 cm³/mol. The molecule has 0 saturated heterocycles. The normalized spacial score (nSPS) is 10.9. The zero-order valence-corrected chi connectivity index (χ0v) is 14.1. The molecular formula is C21H20N2O2. The van der Waals surface area contributed by atoms with E-state index >= 15 is 0 Å². The highest BCUT2D eigenvalue weighted by Gasteiger charge is 2.04. The minimum atomic E-state index is -0.190. The number of nitrogens with one attached hydrogen (secondary N) is 1. The highest BCUT2D eigenvalue weighted by Crippen LogP contribution is 2.20. The summed E-state index contributed by atoms with van der Waals surface area (Å²) in [4.78, 5) is 16.5. The van der Waals surface area contributed by atoms with Crippen LogP contribution in [0, 0.1) is 0 Å². The van der Waals surface area contributed by atoms with E-state index in [0.717, 1.165) is 28.6 Å². The summed E-state index contributed by atoms with van der Waals surface area (Å²) in [5.74, 6) is 0.648. The molecule has 2 aromatic carbocycles. The van der Waals surface area contributed by atoms with E-state index in [9.17, 15) is 4.79 Å². The fraction of sp³-hybridized carbons (Fsp3) is 0.143. The second-order valence-electron chi connectivity index (χ2n) is 5.62. The van der Waals surface area contributed by atoms with Crippen LogP contribution in [0.2, 0.25) is 0 Å². The van der Waals surface area contributed by atoms with Crippen LogP contribution in [-0.2, 0) is 4.79 Å². The van der Waals surface area contributed by atoms with Crippen molar-refractivity contribution >= 4 is 28.6 Å². The maximum absolute atomic E-state index is 12.2. The molecule has 0 bridgehead atoms. The second-order valence-corrected chi connectivity index (χ2v) is 5.62. The second kappa shape index (κ2) is 8.11. The van der Waals surface area contributed by atoms with Gasteiger partial charge in [0.05, 0.1) is 17.8 Å². The maximum atomic E-state index is 12.2. The van der Waals surface area contributed by atoms with Crippen LogP contribution in [0.25, 0.3) is 17.0 Å². The number of anilines is 1. The fourth-order valence-corrected chi connectivity index (χ4v) is 2.45. The molecular weight excluding hydrogens is 312 g/mol. The topological polar surface area (TPSA) is 51.2 Å². The molecule has 4 heteroatoms. The quantitative estimate of drug-likeness (QED) is 0.667. The Morgan fingerprint density at radius 2 is 1.92 bits per heavy atom. The van der Waals surface area contributed by atoms with Crippen molar-refractivity contribution in [3.63, 3.8) is 0 Å². The molecule has 0 aliphatic carbocycles. The van der Waals surface area contributed by atoms with Crippen LogP contribution in [0.15, 0.2) is 66.9 Å². The molecule has 0 spiro atoms. The van der Waals surface area contributed by atoms with Crippen LogP contribution >= 0.6 is 0 Å². The molecule has 1 aromatic heterocycles. The van der Waals surface area contributed by atoms with Crippen molar-refractivity contribution in [3.8, 4) is 5.75 Å². The third-order valence-electron chi connectivity index (χ3n) is 3.67. The average molecular weight is 332 g/mol. The van der Waals surface area contributed by atoms with Gasteiger partial charge in [0.25, 0.3) is 0 Å². The Morgan fingerprint density at radius 1 is 1.12 bits per heavy atom. The van der Waals surface area contributed by atoms with E-state index in [-0.39, 0.29) is 5.91 Å². The average Bonchev–Trinajstić information content (AvgIpc) is 2.66. The molecule has 0 radical (unpaired) electrons. The summed E-state index contributed by atoms with van der Waals surface area (Å²) in [5, 5.41) is 3.87. The molecule has 0 atom stereocenters. The minimum absolute atomic E-state index is 0.190. The Bertz CT molecular complexity index is 881. The Labute approximate surface area is 147 Å². The lowest BCUT2D eigenvalue weighted by atomic mass is 10.2. The number of amides is 1. The van der Waals surface area contributed by atoms with Crippen molar-refractivity contribution in [1.82, 2.24) is 4.98 Å². The lowest BCUT2D eigenvalue weighted by Gasteiger charge is -2.06. The standard InChI is InChI=1S/C21H20N2O2/c1-2-15-25-18-11-8-16(9-12-18)10-13-20(24)23-19-7-3-5-17-6-4-14-22-21(17)19/h3-14H,2,15H2,1H3,(H,23,24)/b13-10+. The largest absolute Gasteiger partial charge is 0.494 e. The number of para-hydroxylation sites is 1. The van der Waals surface area contributed by atoms with Gasteiger partial charge in [-0.25, -0.2) is 0 Å². The summed E-state index contributed by atoms with van der Waals surface area (Å²) in [6, 6.07) is 17.2. The van der Waals surface area contributed by atoms with Crippen LogP contribution in [0.5, 0.6) is 5.75 Å². The van der Waals surface area contributed by atoms with E-state index in [4.69, 9.17) is 4.74 Å². The first kappa shape index (κ1) is 16.7. The van der Waals surface area contributed by atoms with Crippen molar-refractivity contribution in [2.24, 2.45) is 0 Å². The summed E-state index contributed by atoms with van der Waals surface area (Å²) in [7, 11) is 0. The highest BCUT2D eigenvalue weighted by molar-refractivity contribution is 6.06. The predicted octanol–water partition coefficient (Wildman–Crippen LogP) is 4.68. The van der Waals surface area contributed by atoms with Crippen LogP contribution < -0.4 is 10.1 Å². The SMILES string of the molecule is CCCOc1ccc(/C=C/C(=O)Nc2cccc3cccnc23)cc1. The van der Waals surface area contributed by atoms with Crippen molar-refractivity contribution in [2.45, 2.75) is 13.3 Å². The van der Waals surface area contributed by atoms with Gasteiger partial charge in [-0.1, -0.05) is 37.3 Å². The van der Waals surface area contributed by atoms with Gasteiger partial charge in [0.15, 0.2) is 0 Å². The number of benzene rings is 2. The number of rotatable bonds is 6. The first-order valence-corrected chi connectivity index (χ1v) is 8.32. The van der Waals surface area contributed by atoms with Gasteiger partial charge >= 0.3 is 0 Å². The number of aromatic nitrogens is 1. The van der Waals surface area contributed by atoms with E-state index in [1.165, 1.54) is 6.08 Å². The van der Waals surface area contributed by atoms with Gasteiger partial charge in [0.2, 0.25) is 5.91 Å². The summed E-state index contributed by atoms with van der Waals surface area (Å²) in [6.45, 7) is 2.78. The number of carbonyl (C=O) groups is 1. The van der Waals surface area contributed by atoms with Gasteiger partial charge in [-0.05, 0) is 42.3 Å². The molecule has 0 saturated carbocycles. The highest BCUT2D eigenvalue weighted by atomic mass is 16.5. The van der Waals surface area contributed by atoms with Gasteiger partial charge in [0.1, 0.15) is 5.75 Å². The molecule has 1 amide bonds. The Hall–Kier alpha value is -3.14. The summed E-state index contributed by atoms with van der Waals surface area (Å²) in [6.07, 6.45) is 5.99. The van der Waals surface area contributed by atoms with Crippen LogP contribution in [0.4, 0.5) is 5.69 Å². The molecule has 0 unspecified atom stereocenters. The van der Waals surface area contributed by atoms with Crippen LogP contribution in [0.1, 0.15) is 18.9 Å². The molecule has 0 aliphatic heterocycles. The van der Waals surface area contributed by atoms with Crippen molar-refractivity contribution in [3.05, 3.63) is 72.4 Å². The molecule has 0 fully saturated rings. The van der Waals surface area contributed by atoms with E-state index in [0.29, 0.717) is 12.3 Å². The number of nitrogens with zero attached hydrogens (tertiary/aromatic N) is 1. The first-order chi connectivity index (χ1) is 12.3. The van der Waals surface area contributed by atoms with E-state index < -0.39 is 0 Å². The van der Waals surface area contributed by atoms with Crippen LogP contribution in [-0.4, -0.2) is 17.5 Å². The lowest BCUT2D eigenvalue weighted by Crippen LogP contribution is -2.08. The Kier molecular flexibility index (Phi) is 5.42. The summed E-state index contributed by atoms with van der Waals surface area (Å²) < 4.78 is 5.55. The van der Waals surface area contributed by atoms with Crippen LogP contribution in [0.3, 0.4) is 0 Å². The van der Waals surface area contributed by atoms with Gasteiger partial charge in [-0.2, -0.15) is 0 Å². The molecule has 3 rings (SSSR count). The molecule has 126 valence electrons. The van der Waals surface area contributed by atoms with E-state index in [2.05, 4.69) is 17.2 Å². The lowest BCUT2D eigenvalue weighted by molar-refractivity contribution is -0.111. The number of ether oxygens (including phenoxy) is 1. The van der Waals surface area contributed by atoms with E-state index in [1.807, 2.05) is 54.6 Å². The Morgan fingerprint density at radius 3 is 2.72 bits per heavy atom. The third kappa shape index (κ3) is 4.44. The van der Waals surface area contributed by atoms with E-state index in [1.54, 1.807) is 12.3 Å². The number of carbonyl (C=O) groups excluding carboxylic acids is 1. The monoisotopic (exact) mass is 332 g/mol. The molecule has 3 aromatic rings. The maximum Gasteiger partial charge on any atom is 0.248 e. The number of pyridine rings is 1. The summed E-state index contributed by atoms with van der Waals surface area (Å²) in [5.41, 5.74) is 2.43. The third-order valence-corrected chi connectivity index (χ3v) is 3.67. The molecule has 4 nitrogen and oxygen atoms in total.